The van der Waals surface area contributed by atoms with E-state index in [0.717, 1.165) is 18.8 Å². The van der Waals surface area contributed by atoms with Crippen molar-refractivity contribution in [2.24, 2.45) is 5.92 Å². The van der Waals surface area contributed by atoms with Gasteiger partial charge < -0.3 is 9.47 Å². The lowest BCUT2D eigenvalue weighted by atomic mass is 9.81. The molecule has 0 spiro atoms. The van der Waals surface area contributed by atoms with E-state index in [0.29, 0.717) is 18.9 Å². The van der Waals surface area contributed by atoms with Crippen LogP contribution in [0.5, 0.6) is 5.75 Å². The molecule has 144 valence electrons. The van der Waals surface area contributed by atoms with Gasteiger partial charge in [-0.25, -0.2) is 0 Å². The Balaban J connectivity index is 2.16. The van der Waals surface area contributed by atoms with E-state index in [1.165, 1.54) is 37.7 Å². The standard InChI is InChI=1S/C22H33NO3/c1-4-15-23(17-18-11-13-20(25-3)14-12-18)21(16-22(24)26-5-2)19-9-7-6-8-10-19/h4,11-14,19,21H,1,5-10,15-17H2,2-3H3. The van der Waals surface area contributed by atoms with E-state index in [1.54, 1.807) is 7.11 Å². The van der Waals surface area contributed by atoms with Crippen molar-refractivity contribution >= 4 is 5.97 Å². The molecular weight excluding hydrogens is 326 g/mol. The van der Waals surface area contributed by atoms with Crippen LogP contribution in [0.3, 0.4) is 0 Å². The Hall–Kier alpha value is -1.81. The zero-order valence-electron chi connectivity index (χ0n) is 16.3. The molecule has 1 aromatic carbocycles. The lowest BCUT2D eigenvalue weighted by molar-refractivity contribution is -0.145. The molecule has 0 aromatic heterocycles. The second-order valence-corrected chi connectivity index (χ2v) is 7.04. The van der Waals surface area contributed by atoms with Crippen molar-refractivity contribution in [3.63, 3.8) is 0 Å². The van der Waals surface area contributed by atoms with Gasteiger partial charge in [-0.1, -0.05) is 37.5 Å². The fourth-order valence-corrected chi connectivity index (χ4v) is 3.95. The first kappa shape index (κ1) is 20.5. The molecule has 0 bridgehead atoms. The summed E-state index contributed by atoms with van der Waals surface area (Å²) in [5, 5.41) is 0. The van der Waals surface area contributed by atoms with Gasteiger partial charge in [0.2, 0.25) is 0 Å². The summed E-state index contributed by atoms with van der Waals surface area (Å²) in [7, 11) is 1.68. The van der Waals surface area contributed by atoms with Gasteiger partial charge in [0.15, 0.2) is 0 Å². The summed E-state index contributed by atoms with van der Waals surface area (Å²) in [5.41, 5.74) is 1.22. The van der Waals surface area contributed by atoms with Crippen LogP contribution in [0, 0.1) is 5.92 Å². The minimum atomic E-state index is -0.0909. The maximum absolute atomic E-state index is 12.2. The Morgan fingerprint density at radius 3 is 2.54 bits per heavy atom. The van der Waals surface area contributed by atoms with Crippen LogP contribution in [0.4, 0.5) is 0 Å². The van der Waals surface area contributed by atoms with E-state index in [-0.39, 0.29) is 12.0 Å². The third-order valence-corrected chi connectivity index (χ3v) is 5.25. The molecule has 1 aromatic rings. The van der Waals surface area contributed by atoms with Crippen molar-refractivity contribution in [3.05, 3.63) is 42.5 Å². The first-order chi connectivity index (χ1) is 12.7. The van der Waals surface area contributed by atoms with Crippen LogP contribution in [0.25, 0.3) is 0 Å². The summed E-state index contributed by atoms with van der Waals surface area (Å²) in [5.74, 6) is 1.32. The number of benzene rings is 1. The molecule has 0 aliphatic heterocycles. The number of nitrogens with zero attached hydrogens (tertiary/aromatic N) is 1. The maximum Gasteiger partial charge on any atom is 0.307 e. The molecule has 1 unspecified atom stereocenters. The average Bonchev–Trinajstić information content (AvgIpc) is 2.67. The highest BCUT2D eigenvalue weighted by atomic mass is 16.5. The quantitative estimate of drug-likeness (QED) is 0.452. The molecule has 0 heterocycles. The van der Waals surface area contributed by atoms with E-state index >= 15 is 0 Å². The Morgan fingerprint density at radius 1 is 1.27 bits per heavy atom. The van der Waals surface area contributed by atoms with Gasteiger partial charge in [-0.15, -0.1) is 6.58 Å². The molecule has 0 N–H and O–H groups in total. The predicted molar refractivity (Wildman–Crippen MR) is 105 cm³/mol. The number of carbonyl (C=O) groups is 1. The average molecular weight is 360 g/mol. The highest BCUT2D eigenvalue weighted by Crippen LogP contribution is 2.32. The Kier molecular flexibility index (Phi) is 8.69. The number of methoxy groups -OCH3 is 1. The Labute approximate surface area is 158 Å². The fraction of sp³-hybridized carbons (Fsp3) is 0.591. The number of hydrogen-bond acceptors (Lipinski definition) is 4. The smallest absolute Gasteiger partial charge is 0.307 e. The SMILES string of the molecule is C=CCN(Cc1ccc(OC)cc1)C(CC(=O)OCC)C1CCCCC1. The topological polar surface area (TPSA) is 38.8 Å². The van der Waals surface area contributed by atoms with Crippen molar-refractivity contribution < 1.29 is 14.3 Å². The van der Waals surface area contributed by atoms with Crippen molar-refractivity contribution in [2.75, 3.05) is 20.3 Å². The van der Waals surface area contributed by atoms with E-state index < -0.39 is 0 Å². The van der Waals surface area contributed by atoms with Gasteiger partial charge >= 0.3 is 5.97 Å². The molecule has 26 heavy (non-hydrogen) atoms. The monoisotopic (exact) mass is 359 g/mol. The van der Waals surface area contributed by atoms with Crippen LogP contribution < -0.4 is 4.74 Å². The summed E-state index contributed by atoms with van der Waals surface area (Å²) in [6.07, 6.45) is 8.61. The Morgan fingerprint density at radius 2 is 1.96 bits per heavy atom. The van der Waals surface area contributed by atoms with Crippen molar-refractivity contribution in [1.29, 1.82) is 0 Å². The minimum Gasteiger partial charge on any atom is -0.497 e. The second-order valence-electron chi connectivity index (χ2n) is 7.04. The summed E-state index contributed by atoms with van der Waals surface area (Å²) in [6, 6.07) is 8.37. The second kappa shape index (κ2) is 11.0. The molecule has 0 amide bonds. The van der Waals surface area contributed by atoms with Gasteiger partial charge in [0.05, 0.1) is 20.1 Å². The minimum absolute atomic E-state index is 0.0909. The molecule has 0 radical (unpaired) electrons. The zero-order chi connectivity index (χ0) is 18.8. The third-order valence-electron chi connectivity index (χ3n) is 5.25. The number of esters is 1. The van der Waals surface area contributed by atoms with Crippen molar-refractivity contribution in [3.8, 4) is 5.75 Å². The van der Waals surface area contributed by atoms with Gasteiger partial charge in [-0.3, -0.25) is 9.69 Å². The molecule has 4 heteroatoms. The maximum atomic E-state index is 12.2. The molecule has 4 nitrogen and oxygen atoms in total. The highest BCUT2D eigenvalue weighted by molar-refractivity contribution is 5.70. The number of carbonyl (C=O) groups excluding carboxylic acids is 1. The van der Waals surface area contributed by atoms with Crippen LogP contribution in [0.15, 0.2) is 36.9 Å². The van der Waals surface area contributed by atoms with Crippen LogP contribution in [-0.2, 0) is 16.1 Å². The van der Waals surface area contributed by atoms with Gasteiger partial charge in [-0.05, 0) is 43.4 Å². The third kappa shape index (κ3) is 6.17. The first-order valence-electron chi connectivity index (χ1n) is 9.81. The molecule has 1 aliphatic carbocycles. The van der Waals surface area contributed by atoms with Crippen molar-refractivity contribution in [2.45, 2.75) is 58.0 Å². The number of rotatable bonds is 10. The largest absolute Gasteiger partial charge is 0.497 e. The van der Waals surface area contributed by atoms with E-state index in [4.69, 9.17) is 9.47 Å². The summed E-state index contributed by atoms with van der Waals surface area (Å²) in [6.45, 7) is 7.82. The molecule has 1 fully saturated rings. The van der Waals surface area contributed by atoms with Crippen LogP contribution in [0.1, 0.15) is 51.0 Å². The first-order valence-corrected chi connectivity index (χ1v) is 9.81. The molecule has 1 aliphatic rings. The number of ether oxygens (including phenoxy) is 2. The van der Waals surface area contributed by atoms with E-state index in [9.17, 15) is 4.79 Å². The zero-order valence-corrected chi connectivity index (χ0v) is 16.3. The Bertz CT molecular complexity index is 549. The van der Waals surface area contributed by atoms with Crippen LogP contribution in [0.2, 0.25) is 0 Å². The molecule has 1 atom stereocenters. The van der Waals surface area contributed by atoms with Crippen LogP contribution in [-0.4, -0.2) is 37.2 Å². The molecular formula is C22H33NO3. The fourth-order valence-electron chi connectivity index (χ4n) is 3.95. The van der Waals surface area contributed by atoms with E-state index in [2.05, 4.69) is 23.6 Å². The number of hydrogen-bond donors (Lipinski definition) is 0. The van der Waals surface area contributed by atoms with Crippen molar-refractivity contribution in [1.82, 2.24) is 4.90 Å². The summed E-state index contributed by atoms with van der Waals surface area (Å²) in [4.78, 5) is 14.6. The lowest BCUT2D eigenvalue weighted by Gasteiger charge is -2.38. The molecule has 2 rings (SSSR count). The summed E-state index contributed by atoms with van der Waals surface area (Å²) >= 11 is 0. The normalized spacial score (nSPS) is 16.3. The molecule has 0 saturated heterocycles. The van der Waals surface area contributed by atoms with Gasteiger partial charge in [0.25, 0.3) is 0 Å². The highest BCUT2D eigenvalue weighted by Gasteiger charge is 2.30. The predicted octanol–water partition coefficient (Wildman–Crippen LogP) is 4.59. The van der Waals surface area contributed by atoms with Crippen LogP contribution >= 0.6 is 0 Å². The van der Waals surface area contributed by atoms with Gasteiger partial charge in [-0.2, -0.15) is 0 Å². The van der Waals surface area contributed by atoms with Gasteiger partial charge in [0.1, 0.15) is 5.75 Å². The van der Waals surface area contributed by atoms with Gasteiger partial charge in [0, 0.05) is 19.1 Å². The molecule has 1 saturated carbocycles. The van der Waals surface area contributed by atoms with E-state index in [1.807, 2.05) is 25.1 Å². The lowest BCUT2D eigenvalue weighted by Crippen LogP contribution is -2.43. The summed E-state index contributed by atoms with van der Waals surface area (Å²) < 4.78 is 10.5.